The van der Waals surface area contributed by atoms with Gasteiger partial charge in [-0.3, -0.25) is 5.10 Å². The van der Waals surface area contributed by atoms with Gasteiger partial charge in [0.25, 0.3) is 0 Å². The van der Waals surface area contributed by atoms with E-state index in [1.54, 1.807) is 12.1 Å². The molecule has 0 fully saturated rings. The van der Waals surface area contributed by atoms with Gasteiger partial charge in [-0.05, 0) is 35.2 Å². The second-order valence-corrected chi connectivity index (χ2v) is 5.36. The summed E-state index contributed by atoms with van der Waals surface area (Å²) in [6, 6.07) is 14.7. The SMILES string of the molecule is Nc1n[nH]c(C2Cc3ccccc32)c1-c1ccc(F)cc1. The van der Waals surface area contributed by atoms with E-state index >= 15 is 0 Å². The highest BCUT2D eigenvalue weighted by Gasteiger charge is 2.31. The highest BCUT2D eigenvalue weighted by atomic mass is 19.1. The van der Waals surface area contributed by atoms with Crippen LogP contribution in [0.2, 0.25) is 0 Å². The summed E-state index contributed by atoms with van der Waals surface area (Å²) in [4.78, 5) is 0. The summed E-state index contributed by atoms with van der Waals surface area (Å²) in [6.07, 6.45) is 0.978. The Balaban J connectivity index is 1.81. The van der Waals surface area contributed by atoms with Crippen LogP contribution in [0.3, 0.4) is 0 Å². The lowest BCUT2D eigenvalue weighted by molar-refractivity contribution is 0.628. The molecule has 1 unspecified atom stereocenters. The van der Waals surface area contributed by atoms with Crippen LogP contribution in [0.5, 0.6) is 0 Å². The largest absolute Gasteiger partial charge is 0.382 e. The maximum absolute atomic E-state index is 13.1. The molecule has 0 amide bonds. The molecule has 3 nitrogen and oxygen atoms in total. The minimum absolute atomic E-state index is 0.253. The zero-order valence-corrected chi connectivity index (χ0v) is 11.3. The Bertz CT molecular complexity index is 805. The lowest BCUT2D eigenvalue weighted by atomic mass is 9.74. The molecule has 1 aliphatic rings. The predicted molar refractivity (Wildman–Crippen MR) is 80.4 cm³/mol. The third-order valence-electron chi connectivity index (χ3n) is 4.16. The van der Waals surface area contributed by atoms with Gasteiger partial charge in [-0.2, -0.15) is 5.10 Å². The van der Waals surface area contributed by atoms with E-state index in [4.69, 9.17) is 5.73 Å². The number of nitrogens with one attached hydrogen (secondary N) is 1. The number of halogens is 1. The molecule has 21 heavy (non-hydrogen) atoms. The number of hydrogen-bond acceptors (Lipinski definition) is 2. The minimum Gasteiger partial charge on any atom is -0.382 e. The van der Waals surface area contributed by atoms with E-state index in [-0.39, 0.29) is 11.7 Å². The Labute approximate surface area is 121 Å². The maximum atomic E-state index is 13.1. The molecule has 0 saturated heterocycles. The van der Waals surface area contributed by atoms with Crippen molar-refractivity contribution in [2.75, 3.05) is 5.73 Å². The molecule has 4 rings (SSSR count). The molecule has 1 atom stereocenters. The van der Waals surface area contributed by atoms with E-state index < -0.39 is 0 Å². The molecule has 0 radical (unpaired) electrons. The number of aromatic amines is 1. The van der Waals surface area contributed by atoms with Crippen molar-refractivity contribution < 1.29 is 4.39 Å². The van der Waals surface area contributed by atoms with Gasteiger partial charge in [-0.15, -0.1) is 0 Å². The number of nitrogens with two attached hydrogens (primary N) is 1. The Morgan fingerprint density at radius 2 is 1.86 bits per heavy atom. The summed E-state index contributed by atoms with van der Waals surface area (Å²) in [5, 5.41) is 7.21. The molecule has 0 aliphatic heterocycles. The highest BCUT2D eigenvalue weighted by molar-refractivity contribution is 5.77. The molecule has 104 valence electrons. The van der Waals surface area contributed by atoms with Crippen LogP contribution in [0.4, 0.5) is 10.2 Å². The molecule has 0 spiro atoms. The normalized spacial score (nSPS) is 16.3. The standard InChI is InChI=1S/C17H14FN3/c18-12-7-5-10(6-8-12)15-16(20-21-17(15)19)14-9-11-3-1-2-4-13(11)14/h1-8,14H,9H2,(H3,19,20,21). The molecular formula is C17H14FN3. The summed E-state index contributed by atoms with van der Waals surface area (Å²) in [5.74, 6) is 0.489. The zero-order chi connectivity index (χ0) is 14.4. The Morgan fingerprint density at radius 1 is 1.10 bits per heavy atom. The summed E-state index contributed by atoms with van der Waals surface area (Å²) in [6.45, 7) is 0. The Morgan fingerprint density at radius 3 is 2.62 bits per heavy atom. The predicted octanol–water partition coefficient (Wildman–Crippen LogP) is 3.49. The van der Waals surface area contributed by atoms with Crippen molar-refractivity contribution >= 4 is 5.82 Å². The highest BCUT2D eigenvalue weighted by Crippen LogP contribution is 2.44. The zero-order valence-electron chi connectivity index (χ0n) is 11.3. The Hall–Kier alpha value is -2.62. The molecule has 1 aliphatic carbocycles. The van der Waals surface area contributed by atoms with Crippen LogP contribution in [0.1, 0.15) is 22.7 Å². The van der Waals surface area contributed by atoms with Crippen molar-refractivity contribution in [3.8, 4) is 11.1 Å². The van der Waals surface area contributed by atoms with Crippen LogP contribution < -0.4 is 5.73 Å². The van der Waals surface area contributed by atoms with Gasteiger partial charge in [0.2, 0.25) is 0 Å². The van der Waals surface area contributed by atoms with Crippen LogP contribution >= 0.6 is 0 Å². The number of anilines is 1. The van der Waals surface area contributed by atoms with Gasteiger partial charge in [-0.1, -0.05) is 36.4 Å². The number of nitrogen functional groups attached to an aromatic ring is 1. The van der Waals surface area contributed by atoms with E-state index in [0.717, 1.165) is 23.2 Å². The number of nitrogens with zero attached hydrogens (tertiary/aromatic N) is 1. The topological polar surface area (TPSA) is 54.7 Å². The number of fused-ring (bicyclic) bond motifs is 1. The fraction of sp³-hybridized carbons (Fsp3) is 0.118. The van der Waals surface area contributed by atoms with E-state index in [9.17, 15) is 4.39 Å². The van der Waals surface area contributed by atoms with Crippen LogP contribution in [-0.4, -0.2) is 10.2 Å². The summed E-state index contributed by atoms with van der Waals surface area (Å²) in [5.41, 5.74) is 11.5. The molecule has 4 heteroatoms. The van der Waals surface area contributed by atoms with Crippen molar-refractivity contribution in [1.82, 2.24) is 10.2 Å². The van der Waals surface area contributed by atoms with E-state index in [0.29, 0.717) is 5.82 Å². The quantitative estimate of drug-likeness (QED) is 0.754. The fourth-order valence-corrected chi connectivity index (χ4v) is 3.06. The monoisotopic (exact) mass is 279 g/mol. The number of benzene rings is 2. The van der Waals surface area contributed by atoms with Gasteiger partial charge in [0.15, 0.2) is 5.82 Å². The van der Waals surface area contributed by atoms with Crippen LogP contribution in [0, 0.1) is 5.82 Å². The van der Waals surface area contributed by atoms with E-state index in [1.807, 2.05) is 6.07 Å². The second kappa shape index (κ2) is 4.45. The maximum Gasteiger partial charge on any atom is 0.153 e. The molecule has 3 aromatic rings. The van der Waals surface area contributed by atoms with Crippen molar-refractivity contribution in [2.45, 2.75) is 12.3 Å². The first-order chi connectivity index (χ1) is 10.2. The first kappa shape index (κ1) is 12.1. The van der Waals surface area contributed by atoms with Gasteiger partial charge in [0.05, 0.1) is 5.69 Å². The molecule has 2 aromatic carbocycles. The summed E-state index contributed by atoms with van der Waals surface area (Å²) >= 11 is 0. The summed E-state index contributed by atoms with van der Waals surface area (Å²) in [7, 11) is 0. The molecule has 1 aromatic heterocycles. The van der Waals surface area contributed by atoms with E-state index in [2.05, 4.69) is 28.4 Å². The van der Waals surface area contributed by atoms with Crippen LogP contribution in [0.25, 0.3) is 11.1 Å². The third kappa shape index (κ3) is 1.83. The van der Waals surface area contributed by atoms with Crippen LogP contribution in [0.15, 0.2) is 48.5 Å². The fourth-order valence-electron chi connectivity index (χ4n) is 3.06. The van der Waals surface area contributed by atoms with Gasteiger partial charge in [0.1, 0.15) is 5.82 Å². The lowest BCUT2D eigenvalue weighted by Crippen LogP contribution is -2.19. The molecule has 1 heterocycles. The van der Waals surface area contributed by atoms with Crippen LogP contribution in [-0.2, 0) is 6.42 Å². The van der Waals surface area contributed by atoms with Gasteiger partial charge < -0.3 is 5.73 Å². The lowest BCUT2D eigenvalue weighted by Gasteiger charge is -2.30. The average molecular weight is 279 g/mol. The molecule has 0 bridgehead atoms. The van der Waals surface area contributed by atoms with Crippen molar-refractivity contribution in [3.05, 3.63) is 71.2 Å². The second-order valence-electron chi connectivity index (χ2n) is 5.36. The van der Waals surface area contributed by atoms with Crippen molar-refractivity contribution in [2.24, 2.45) is 0 Å². The van der Waals surface area contributed by atoms with Gasteiger partial charge in [0, 0.05) is 11.5 Å². The average Bonchev–Trinajstić information content (AvgIpc) is 2.83. The number of rotatable bonds is 2. The van der Waals surface area contributed by atoms with Gasteiger partial charge >= 0.3 is 0 Å². The molecule has 0 saturated carbocycles. The Kier molecular flexibility index (Phi) is 2.57. The minimum atomic E-state index is -0.253. The number of H-pyrrole nitrogens is 1. The number of hydrogen-bond donors (Lipinski definition) is 2. The molecule has 3 N–H and O–H groups in total. The summed E-state index contributed by atoms with van der Waals surface area (Å²) < 4.78 is 13.1. The van der Waals surface area contributed by atoms with Crippen molar-refractivity contribution in [1.29, 1.82) is 0 Å². The van der Waals surface area contributed by atoms with Crippen molar-refractivity contribution in [3.63, 3.8) is 0 Å². The first-order valence-corrected chi connectivity index (χ1v) is 6.91. The third-order valence-corrected chi connectivity index (χ3v) is 4.16. The number of aromatic nitrogens is 2. The molecular weight excluding hydrogens is 265 g/mol. The first-order valence-electron chi connectivity index (χ1n) is 6.91. The smallest absolute Gasteiger partial charge is 0.153 e. The van der Waals surface area contributed by atoms with Gasteiger partial charge in [-0.25, -0.2) is 4.39 Å². The van der Waals surface area contributed by atoms with E-state index in [1.165, 1.54) is 23.3 Å².